The van der Waals surface area contributed by atoms with Crippen LogP contribution in [0, 0.1) is 17.5 Å². The minimum absolute atomic E-state index is 0.229. The molecule has 0 fully saturated rings. The summed E-state index contributed by atoms with van der Waals surface area (Å²) in [6.45, 7) is 2.09. The van der Waals surface area contributed by atoms with E-state index in [1.807, 2.05) is 24.3 Å². The Morgan fingerprint density at radius 2 is 1.33 bits per heavy atom. The molecule has 0 aliphatic heterocycles. The Morgan fingerprint density at radius 1 is 0.778 bits per heavy atom. The summed E-state index contributed by atoms with van der Waals surface area (Å²) in [6.07, 6.45) is -3.59. The molecule has 3 aromatic carbocycles. The predicted molar refractivity (Wildman–Crippen MR) is 121 cm³/mol. The predicted octanol–water partition coefficient (Wildman–Crippen LogP) is 8.13. The van der Waals surface area contributed by atoms with Crippen LogP contribution >= 0.6 is 0 Å². The zero-order chi connectivity index (χ0) is 26.3. The molecular weight excluding hydrogens is 489 g/mol. The maximum atomic E-state index is 14.6. The first-order chi connectivity index (χ1) is 17.1. The third-order valence-electron chi connectivity index (χ3n) is 5.24. The molecule has 0 saturated carbocycles. The minimum atomic E-state index is -4.26. The summed E-state index contributed by atoms with van der Waals surface area (Å²) >= 11 is 0. The molecule has 192 valence electrons. The highest BCUT2D eigenvalue weighted by molar-refractivity contribution is 5.36. The third-order valence-corrected chi connectivity index (χ3v) is 5.24. The lowest BCUT2D eigenvalue weighted by molar-refractivity contribution is -0.187. The Morgan fingerprint density at radius 3 is 1.89 bits per heavy atom. The van der Waals surface area contributed by atoms with Gasteiger partial charge in [0.2, 0.25) is 0 Å². The first-order valence-corrected chi connectivity index (χ1v) is 11.1. The largest absolute Gasteiger partial charge is 0.459 e. The highest BCUT2D eigenvalue weighted by Crippen LogP contribution is 2.36. The van der Waals surface area contributed by atoms with Crippen LogP contribution in [0.1, 0.15) is 35.6 Å². The van der Waals surface area contributed by atoms with Crippen LogP contribution in [-0.4, -0.2) is 6.43 Å². The van der Waals surface area contributed by atoms with Crippen LogP contribution in [-0.2, 0) is 25.4 Å². The van der Waals surface area contributed by atoms with Gasteiger partial charge in [0.15, 0.2) is 17.4 Å². The van der Waals surface area contributed by atoms with Crippen molar-refractivity contribution in [3.8, 4) is 11.5 Å². The summed E-state index contributed by atoms with van der Waals surface area (Å²) in [4.78, 5) is 0. The standard InChI is InChI=1S/C27H23F7O2/c1-2-3-17-4-6-18(7-5-17)8-9-19-10-11-21(22(28)14-19)27(33,34)36-20-15-23(29)26(24(30)16-20)35-13-12-25(31)32/h4-7,10-16,25H,2-3,8-9H2,1H3. The van der Waals surface area contributed by atoms with Crippen LogP contribution < -0.4 is 9.47 Å². The molecule has 0 radical (unpaired) electrons. The summed E-state index contributed by atoms with van der Waals surface area (Å²) < 4.78 is 105. The first-order valence-electron chi connectivity index (χ1n) is 11.1. The minimum Gasteiger partial charge on any atom is -0.459 e. The van der Waals surface area contributed by atoms with E-state index in [2.05, 4.69) is 16.4 Å². The molecule has 0 spiro atoms. The second-order valence-corrected chi connectivity index (χ2v) is 8.00. The normalized spacial score (nSPS) is 11.9. The van der Waals surface area contributed by atoms with Crippen LogP contribution in [0.25, 0.3) is 0 Å². The van der Waals surface area contributed by atoms with Crippen molar-refractivity contribution in [1.82, 2.24) is 0 Å². The summed E-state index contributed by atoms with van der Waals surface area (Å²) in [5, 5.41) is 0. The maximum absolute atomic E-state index is 14.6. The second-order valence-electron chi connectivity index (χ2n) is 8.00. The molecule has 0 N–H and O–H groups in total. The third kappa shape index (κ3) is 7.26. The van der Waals surface area contributed by atoms with Crippen molar-refractivity contribution in [2.45, 2.75) is 45.1 Å². The highest BCUT2D eigenvalue weighted by Gasteiger charge is 2.38. The van der Waals surface area contributed by atoms with Crippen molar-refractivity contribution >= 4 is 0 Å². The lowest BCUT2D eigenvalue weighted by Crippen LogP contribution is -2.23. The fourth-order valence-corrected chi connectivity index (χ4v) is 3.48. The number of hydrogen-bond acceptors (Lipinski definition) is 2. The number of alkyl halides is 4. The van der Waals surface area contributed by atoms with E-state index in [-0.39, 0.29) is 6.08 Å². The summed E-state index contributed by atoms with van der Waals surface area (Å²) in [6, 6.07) is 11.9. The van der Waals surface area contributed by atoms with Gasteiger partial charge in [-0.3, -0.25) is 0 Å². The zero-order valence-corrected chi connectivity index (χ0v) is 19.2. The Balaban J connectivity index is 1.69. The molecule has 0 unspecified atom stereocenters. The van der Waals surface area contributed by atoms with Gasteiger partial charge >= 0.3 is 6.11 Å². The van der Waals surface area contributed by atoms with Gasteiger partial charge in [-0.25, -0.2) is 22.0 Å². The number of hydrogen-bond donors (Lipinski definition) is 0. The van der Waals surface area contributed by atoms with E-state index in [4.69, 9.17) is 0 Å². The van der Waals surface area contributed by atoms with Gasteiger partial charge in [0.25, 0.3) is 6.43 Å². The first kappa shape index (κ1) is 27.1. The second kappa shape index (κ2) is 12.0. The molecule has 0 aliphatic carbocycles. The average Bonchev–Trinajstić information content (AvgIpc) is 2.80. The fraction of sp³-hybridized carbons (Fsp3) is 0.259. The molecule has 0 aromatic heterocycles. The molecule has 0 atom stereocenters. The van der Waals surface area contributed by atoms with Crippen molar-refractivity contribution in [3.63, 3.8) is 0 Å². The molecule has 3 rings (SSSR count). The Bertz CT molecular complexity index is 1170. The molecule has 0 saturated heterocycles. The smallest absolute Gasteiger partial charge is 0.429 e. The molecular formula is C27H23F7O2. The summed E-state index contributed by atoms with van der Waals surface area (Å²) in [5.41, 5.74) is 1.61. The van der Waals surface area contributed by atoms with Gasteiger partial charge in [0, 0.05) is 18.2 Å². The average molecular weight is 512 g/mol. The molecule has 36 heavy (non-hydrogen) atoms. The van der Waals surface area contributed by atoms with Crippen LogP contribution in [0.15, 0.2) is 66.9 Å². The molecule has 0 amide bonds. The monoisotopic (exact) mass is 512 g/mol. The van der Waals surface area contributed by atoms with E-state index >= 15 is 0 Å². The van der Waals surface area contributed by atoms with Gasteiger partial charge in [-0.2, -0.15) is 8.78 Å². The molecule has 9 heteroatoms. The van der Waals surface area contributed by atoms with Crippen LogP contribution in [0.5, 0.6) is 11.5 Å². The summed E-state index contributed by atoms with van der Waals surface area (Å²) in [7, 11) is 0. The van der Waals surface area contributed by atoms with Crippen LogP contribution in [0.2, 0.25) is 0 Å². The van der Waals surface area contributed by atoms with Crippen molar-refractivity contribution in [2.24, 2.45) is 0 Å². The SMILES string of the molecule is CCCc1ccc(CCc2ccc(C(F)(F)Oc3cc(F)c(OC=CC(F)F)c(F)c3)c(F)c2)cc1. The van der Waals surface area contributed by atoms with Gasteiger partial charge in [0.1, 0.15) is 11.6 Å². The van der Waals surface area contributed by atoms with Crippen LogP contribution in [0.3, 0.4) is 0 Å². The lowest BCUT2D eigenvalue weighted by atomic mass is 10.0. The Labute approximate surface area is 204 Å². The van der Waals surface area contributed by atoms with Crippen molar-refractivity contribution < 1.29 is 40.2 Å². The molecule has 0 heterocycles. The number of allylic oxidation sites excluding steroid dienone is 1. The van der Waals surface area contributed by atoms with Gasteiger partial charge in [-0.1, -0.05) is 43.7 Å². The fourth-order valence-electron chi connectivity index (χ4n) is 3.48. The highest BCUT2D eigenvalue weighted by atomic mass is 19.3. The number of ether oxygens (including phenoxy) is 2. The number of benzene rings is 3. The van der Waals surface area contributed by atoms with Crippen molar-refractivity contribution in [1.29, 1.82) is 0 Å². The van der Waals surface area contributed by atoms with Gasteiger partial charge < -0.3 is 9.47 Å². The topological polar surface area (TPSA) is 18.5 Å². The van der Waals surface area contributed by atoms with Crippen LogP contribution in [0.4, 0.5) is 30.7 Å². The maximum Gasteiger partial charge on any atom is 0.429 e. The van der Waals surface area contributed by atoms with Crippen molar-refractivity contribution in [2.75, 3.05) is 0 Å². The van der Waals surface area contributed by atoms with Gasteiger partial charge in [-0.15, -0.1) is 0 Å². The van der Waals surface area contributed by atoms with E-state index in [1.54, 1.807) is 0 Å². The number of aryl methyl sites for hydroxylation is 3. The molecule has 0 bridgehead atoms. The quantitative estimate of drug-likeness (QED) is 0.191. The molecule has 2 nitrogen and oxygen atoms in total. The molecule has 3 aromatic rings. The zero-order valence-electron chi connectivity index (χ0n) is 19.2. The van der Waals surface area contributed by atoms with Gasteiger partial charge in [0.05, 0.1) is 11.8 Å². The van der Waals surface area contributed by atoms with E-state index in [0.717, 1.165) is 30.5 Å². The van der Waals surface area contributed by atoms with E-state index in [9.17, 15) is 30.7 Å². The lowest BCUT2D eigenvalue weighted by Gasteiger charge is -2.20. The van der Waals surface area contributed by atoms with E-state index in [1.165, 1.54) is 11.6 Å². The van der Waals surface area contributed by atoms with Gasteiger partial charge in [-0.05, 0) is 48.1 Å². The Hall–Kier alpha value is -3.49. The number of halogens is 7. The van der Waals surface area contributed by atoms with E-state index in [0.29, 0.717) is 36.8 Å². The Kier molecular flexibility index (Phi) is 9.01. The van der Waals surface area contributed by atoms with E-state index < -0.39 is 47.0 Å². The molecule has 0 aliphatic rings. The van der Waals surface area contributed by atoms with Crippen molar-refractivity contribution in [3.05, 3.63) is 107 Å². The summed E-state index contributed by atoms with van der Waals surface area (Å²) in [5.74, 6) is -6.22. The number of rotatable bonds is 11.